The van der Waals surface area contributed by atoms with Crippen LogP contribution in [0, 0.1) is 0 Å². The Morgan fingerprint density at radius 3 is 2.47 bits per heavy atom. The lowest BCUT2D eigenvalue weighted by Gasteiger charge is -2.04. The van der Waals surface area contributed by atoms with Crippen LogP contribution >= 0.6 is 0 Å². The molecule has 0 saturated carbocycles. The summed E-state index contributed by atoms with van der Waals surface area (Å²) in [5, 5.41) is 22.1. The van der Waals surface area contributed by atoms with Crippen molar-refractivity contribution in [2.75, 3.05) is 5.43 Å². The molecule has 19 heavy (non-hydrogen) atoms. The number of nitrogens with one attached hydrogen (secondary N) is 1. The Bertz CT molecular complexity index is 606. The maximum Gasteiger partial charge on any atom is 0.337 e. The zero-order valence-electron chi connectivity index (χ0n) is 9.95. The lowest BCUT2D eigenvalue weighted by Crippen LogP contribution is -2.02. The van der Waals surface area contributed by atoms with E-state index < -0.39 is 5.97 Å². The summed E-state index contributed by atoms with van der Waals surface area (Å²) in [5.74, 6) is -0.829. The molecule has 0 amide bonds. The number of rotatable bonds is 4. The number of carboxylic acids is 1. The van der Waals surface area contributed by atoms with Gasteiger partial charge in [-0.2, -0.15) is 5.10 Å². The molecule has 2 aromatic rings. The molecule has 0 aliphatic heterocycles. The quantitative estimate of drug-likeness (QED) is 0.580. The number of aromatic hydroxyl groups is 1. The summed E-state index contributed by atoms with van der Waals surface area (Å²) in [6, 6.07) is 13.0. The molecule has 2 aromatic carbocycles. The van der Waals surface area contributed by atoms with Crippen molar-refractivity contribution in [3.63, 3.8) is 0 Å². The summed E-state index contributed by atoms with van der Waals surface area (Å²) < 4.78 is 0. The minimum atomic E-state index is -1.01. The molecule has 0 bridgehead atoms. The number of hydrazone groups is 1. The zero-order valence-corrected chi connectivity index (χ0v) is 9.95. The Balaban J connectivity index is 2.10. The first-order valence-corrected chi connectivity index (χ1v) is 5.57. The SMILES string of the molecule is O=C(O)c1ccccc1N/N=C/c1ccc(O)cc1. The number of benzene rings is 2. The van der Waals surface area contributed by atoms with Crippen LogP contribution in [0.3, 0.4) is 0 Å². The van der Waals surface area contributed by atoms with Gasteiger partial charge in [0.15, 0.2) is 0 Å². The van der Waals surface area contributed by atoms with Gasteiger partial charge in [-0.15, -0.1) is 0 Å². The monoisotopic (exact) mass is 256 g/mol. The molecular formula is C14H12N2O3. The summed E-state index contributed by atoms with van der Waals surface area (Å²) in [7, 11) is 0. The number of nitrogens with zero attached hydrogens (tertiary/aromatic N) is 1. The molecule has 5 heteroatoms. The second-order valence-electron chi connectivity index (χ2n) is 3.81. The first kappa shape index (κ1) is 12.6. The summed E-state index contributed by atoms with van der Waals surface area (Å²) in [6.07, 6.45) is 1.54. The Morgan fingerprint density at radius 2 is 1.79 bits per heavy atom. The average molecular weight is 256 g/mol. The minimum Gasteiger partial charge on any atom is -0.508 e. The number of aromatic carboxylic acids is 1. The lowest BCUT2D eigenvalue weighted by atomic mass is 10.2. The van der Waals surface area contributed by atoms with Crippen LogP contribution in [0.5, 0.6) is 5.75 Å². The van der Waals surface area contributed by atoms with E-state index in [-0.39, 0.29) is 11.3 Å². The molecule has 0 atom stereocenters. The molecule has 2 rings (SSSR count). The van der Waals surface area contributed by atoms with Crippen LogP contribution in [-0.4, -0.2) is 22.4 Å². The molecule has 0 aliphatic carbocycles. The largest absolute Gasteiger partial charge is 0.508 e. The molecule has 96 valence electrons. The van der Waals surface area contributed by atoms with E-state index in [0.29, 0.717) is 5.69 Å². The molecule has 0 saturated heterocycles. The highest BCUT2D eigenvalue weighted by Gasteiger charge is 2.07. The van der Waals surface area contributed by atoms with Crippen molar-refractivity contribution in [3.05, 3.63) is 59.7 Å². The fourth-order valence-corrected chi connectivity index (χ4v) is 1.50. The van der Waals surface area contributed by atoms with Gasteiger partial charge in [0, 0.05) is 0 Å². The Kier molecular flexibility index (Phi) is 3.78. The maximum atomic E-state index is 11.0. The van der Waals surface area contributed by atoms with Gasteiger partial charge in [-0.1, -0.05) is 12.1 Å². The van der Waals surface area contributed by atoms with Crippen molar-refractivity contribution in [3.8, 4) is 5.75 Å². The normalized spacial score (nSPS) is 10.5. The fourth-order valence-electron chi connectivity index (χ4n) is 1.50. The summed E-state index contributed by atoms with van der Waals surface area (Å²) in [5.41, 5.74) is 4.05. The van der Waals surface area contributed by atoms with E-state index >= 15 is 0 Å². The van der Waals surface area contributed by atoms with Crippen LogP contribution in [0.4, 0.5) is 5.69 Å². The van der Waals surface area contributed by atoms with Crippen molar-refractivity contribution in [2.45, 2.75) is 0 Å². The molecule has 3 N–H and O–H groups in total. The van der Waals surface area contributed by atoms with Gasteiger partial charge in [0.2, 0.25) is 0 Å². The second-order valence-corrected chi connectivity index (χ2v) is 3.81. The highest BCUT2D eigenvalue weighted by atomic mass is 16.4. The van der Waals surface area contributed by atoms with Crippen molar-refractivity contribution in [2.24, 2.45) is 5.10 Å². The van der Waals surface area contributed by atoms with Crippen LogP contribution in [0.15, 0.2) is 53.6 Å². The van der Waals surface area contributed by atoms with E-state index in [2.05, 4.69) is 10.5 Å². The Hall–Kier alpha value is -2.82. The predicted octanol–water partition coefficient (Wildman–Crippen LogP) is 2.54. The minimum absolute atomic E-state index is 0.158. The number of para-hydroxylation sites is 1. The first-order chi connectivity index (χ1) is 9.16. The fraction of sp³-hybridized carbons (Fsp3) is 0. The van der Waals surface area contributed by atoms with Gasteiger partial charge in [-0.05, 0) is 42.0 Å². The van der Waals surface area contributed by atoms with Crippen molar-refractivity contribution >= 4 is 17.9 Å². The number of anilines is 1. The van der Waals surface area contributed by atoms with Crippen LogP contribution in [0.25, 0.3) is 0 Å². The van der Waals surface area contributed by atoms with E-state index in [4.69, 9.17) is 10.2 Å². The Labute approximate surface area is 109 Å². The summed E-state index contributed by atoms with van der Waals surface area (Å²) in [4.78, 5) is 11.0. The molecule has 0 unspecified atom stereocenters. The molecule has 0 aromatic heterocycles. The van der Waals surface area contributed by atoms with Crippen molar-refractivity contribution < 1.29 is 15.0 Å². The van der Waals surface area contributed by atoms with E-state index in [1.54, 1.807) is 42.5 Å². The third-order valence-electron chi connectivity index (χ3n) is 2.45. The Morgan fingerprint density at radius 1 is 1.11 bits per heavy atom. The third-order valence-corrected chi connectivity index (χ3v) is 2.45. The topological polar surface area (TPSA) is 81.9 Å². The highest BCUT2D eigenvalue weighted by Crippen LogP contribution is 2.14. The number of hydrogen-bond acceptors (Lipinski definition) is 4. The van der Waals surface area contributed by atoms with Gasteiger partial charge >= 0.3 is 5.97 Å². The van der Waals surface area contributed by atoms with Crippen LogP contribution < -0.4 is 5.43 Å². The van der Waals surface area contributed by atoms with Gasteiger partial charge in [-0.3, -0.25) is 5.43 Å². The number of carbonyl (C=O) groups is 1. The first-order valence-electron chi connectivity index (χ1n) is 5.57. The van der Waals surface area contributed by atoms with Gasteiger partial charge < -0.3 is 10.2 Å². The zero-order chi connectivity index (χ0) is 13.7. The molecule has 0 fully saturated rings. The molecule has 0 heterocycles. The van der Waals surface area contributed by atoms with Crippen LogP contribution in [-0.2, 0) is 0 Å². The van der Waals surface area contributed by atoms with Gasteiger partial charge in [0.05, 0.1) is 17.5 Å². The van der Waals surface area contributed by atoms with Gasteiger partial charge in [-0.25, -0.2) is 4.79 Å². The number of phenolic OH excluding ortho intramolecular Hbond substituents is 1. The van der Waals surface area contributed by atoms with Crippen LogP contribution in [0.2, 0.25) is 0 Å². The third kappa shape index (κ3) is 3.32. The van der Waals surface area contributed by atoms with Gasteiger partial charge in [0.1, 0.15) is 5.75 Å². The highest BCUT2D eigenvalue weighted by molar-refractivity contribution is 5.94. The maximum absolute atomic E-state index is 11.0. The number of hydrogen-bond donors (Lipinski definition) is 3. The molecule has 0 radical (unpaired) electrons. The smallest absolute Gasteiger partial charge is 0.337 e. The average Bonchev–Trinajstić information content (AvgIpc) is 2.41. The van der Waals surface area contributed by atoms with E-state index in [1.807, 2.05) is 0 Å². The standard InChI is InChI=1S/C14H12N2O3/c17-11-7-5-10(6-8-11)9-15-16-13-4-2-1-3-12(13)14(18)19/h1-9,16-17H,(H,18,19)/b15-9+. The molecular weight excluding hydrogens is 244 g/mol. The van der Waals surface area contributed by atoms with Crippen molar-refractivity contribution in [1.82, 2.24) is 0 Å². The van der Waals surface area contributed by atoms with E-state index in [0.717, 1.165) is 5.56 Å². The predicted molar refractivity (Wildman–Crippen MR) is 72.7 cm³/mol. The van der Waals surface area contributed by atoms with Crippen LogP contribution in [0.1, 0.15) is 15.9 Å². The number of phenols is 1. The van der Waals surface area contributed by atoms with E-state index in [1.165, 1.54) is 12.3 Å². The molecule has 5 nitrogen and oxygen atoms in total. The number of carboxylic acid groups (broad SMARTS) is 1. The second kappa shape index (κ2) is 5.68. The summed E-state index contributed by atoms with van der Waals surface area (Å²) >= 11 is 0. The van der Waals surface area contributed by atoms with Crippen molar-refractivity contribution in [1.29, 1.82) is 0 Å². The van der Waals surface area contributed by atoms with Gasteiger partial charge in [0.25, 0.3) is 0 Å². The molecule has 0 aliphatic rings. The summed E-state index contributed by atoms with van der Waals surface area (Å²) in [6.45, 7) is 0. The molecule has 0 spiro atoms. The van der Waals surface area contributed by atoms with E-state index in [9.17, 15) is 4.79 Å². The lowest BCUT2D eigenvalue weighted by molar-refractivity contribution is 0.0698.